The van der Waals surface area contributed by atoms with Crippen molar-refractivity contribution in [2.75, 3.05) is 5.75 Å². The molecule has 18 heavy (non-hydrogen) atoms. The minimum atomic E-state index is 0.679. The van der Waals surface area contributed by atoms with E-state index < -0.39 is 0 Å². The number of thioether (sulfide) groups is 2. The Morgan fingerprint density at radius 1 is 1.28 bits per heavy atom. The van der Waals surface area contributed by atoms with Gasteiger partial charge in [0.05, 0.1) is 5.03 Å². The van der Waals surface area contributed by atoms with Gasteiger partial charge in [0.1, 0.15) is 0 Å². The summed E-state index contributed by atoms with van der Waals surface area (Å²) < 4.78 is 1.04. The summed E-state index contributed by atoms with van der Waals surface area (Å²) in [4.78, 5) is 5.85. The number of aromatic nitrogens is 1. The van der Waals surface area contributed by atoms with Gasteiger partial charge in [-0.1, -0.05) is 18.2 Å². The molecule has 1 aliphatic rings. The van der Waals surface area contributed by atoms with E-state index in [-0.39, 0.29) is 0 Å². The van der Waals surface area contributed by atoms with E-state index in [1.807, 2.05) is 35.8 Å². The Hall–Kier alpha value is -0.450. The van der Waals surface area contributed by atoms with Gasteiger partial charge in [-0.05, 0) is 46.1 Å². The molecule has 1 aromatic carbocycles. The average molecular weight is 338 g/mol. The molecule has 0 saturated carbocycles. The SMILES string of the molecule is Brc1ccc(SCC2Cc3ccccc3S2)nc1. The fourth-order valence-corrected chi connectivity index (χ4v) is 4.53. The summed E-state index contributed by atoms with van der Waals surface area (Å²) in [6.07, 6.45) is 3.04. The molecule has 0 aliphatic carbocycles. The molecule has 0 N–H and O–H groups in total. The highest BCUT2D eigenvalue weighted by Gasteiger charge is 2.21. The molecule has 0 spiro atoms. The molecular weight excluding hydrogens is 326 g/mol. The zero-order chi connectivity index (χ0) is 12.4. The predicted molar refractivity (Wildman–Crippen MR) is 82.5 cm³/mol. The largest absolute Gasteiger partial charge is 0.249 e. The number of halogens is 1. The molecule has 4 heteroatoms. The highest BCUT2D eigenvalue weighted by atomic mass is 79.9. The maximum absolute atomic E-state index is 4.40. The van der Waals surface area contributed by atoms with Crippen LogP contribution in [0.1, 0.15) is 5.56 Å². The van der Waals surface area contributed by atoms with Gasteiger partial charge >= 0.3 is 0 Å². The minimum absolute atomic E-state index is 0.679. The van der Waals surface area contributed by atoms with Crippen LogP contribution in [-0.2, 0) is 6.42 Å². The Bertz CT molecular complexity index is 517. The summed E-state index contributed by atoms with van der Waals surface area (Å²) in [6.45, 7) is 0. The molecule has 1 unspecified atom stereocenters. The molecule has 0 saturated heterocycles. The number of hydrogen-bond acceptors (Lipinski definition) is 3. The Labute approximate surface area is 124 Å². The monoisotopic (exact) mass is 337 g/mol. The van der Waals surface area contributed by atoms with Crippen LogP contribution in [0.3, 0.4) is 0 Å². The van der Waals surface area contributed by atoms with E-state index in [2.05, 4.69) is 51.2 Å². The van der Waals surface area contributed by atoms with Gasteiger partial charge in [0.2, 0.25) is 0 Å². The summed E-state index contributed by atoms with van der Waals surface area (Å²) in [5, 5.41) is 1.78. The third kappa shape index (κ3) is 2.92. The van der Waals surface area contributed by atoms with Crippen LogP contribution < -0.4 is 0 Å². The maximum atomic E-state index is 4.40. The van der Waals surface area contributed by atoms with Crippen molar-refractivity contribution in [3.05, 3.63) is 52.6 Å². The standard InChI is InChI=1S/C14H12BrNS2/c15-11-5-6-14(16-8-11)17-9-12-7-10-3-1-2-4-13(10)18-12/h1-6,8,12H,7,9H2. The number of hydrogen-bond donors (Lipinski definition) is 0. The lowest BCUT2D eigenvalue weighted by atomic mass is 10.1. The van der Waals surface area contributed by atoms with Gasteiger partial charge in [-0.25, -0.2) is 4.98 Å². The summed E-state index contributed by atoms with van der Waals surface area (Å²) >= 11 is 7.25. The smallest absolute Gasteiger partial charge is 0.0961 e. The van der Waals surface area contributed by atoms with Crippen LogP contribution in [0.5, 0.6) is 0 Å². The fourth-order valence-electron chi connectivity index (χ4n) is 1.97. The summed E-state index contributed by atoms with van der Waals surface area (Å²) in [6, 6.07) is 12.8. The highest BCUT2D eigenvalue weighted by Crippen LogP contribution is 2.38. The zero-order valence-electron chi connectivity index (χ0n) is 9.67. The minimum Gasteiger partial charge on any atom is -0.249 e. The van der Waals surface area contributed by atoms with Crippen molar-refractivity contribution in [2.24, 2.45) is 0 Å². The number of rotatable bonds is 3. The molecular formula is C14H12BrNS2. The lowest BCUT2D eigenvalue weighted by Gasteiger charge is -2.07. The van der Waals surface area contributed by atoms with Crippen molar-refractivity contribution in [3.63, 3.8) is 0 Å². The van der Waals surface area contributed by atoms with Gasteiger partial charge < -0.3 is 0 Å². The first-order valence-corrected chi connectivity index (χ1v) is 8.46. The molecule has 1 aromatic heterocycles. The van der Waals surface area contributed by atoms with Crippen LogP contribution in [-0.4, -0.2) is 16.0 Å². The Kier molecular flexibility index (Phi) is 3.97. The summed E-state index contributed by atoms with van der Waals surface area (Å²) in [7, 11) is 0. The van der Waals surface area contributed by atoms with E-state index in [9.17, 15) is 0 Å². The number of nitrogens with zero attached hydrogens (tertiary/aromatic N) is 1. The van der Waals surface area contributed by atoms with Crippen molar-refractivity contribution in [3.8, 4) is 0 Å². The molecule has 3 rings (SSSR count). The fraction of sp³-hybridized carbons (Fsp3) is 0.214. The van der Waals surface area contributed by atoms with Gasteiger partial charge in [0.15, 0.2) is 0 Å². The summed E-state index contributed by atoms with van der Waals surface area (Å²) in [5.41, 5.74) is 1.50. The summed E-state index contributed by atoms with van der Waals surface area (Å²) in [5.74, 6) is 1.12. The first-order chi connectivity index (χ1) is 8.81. The van der Waals surface area contributed by atoms with E-state index in [0.717, 1.165) is 15.3 Å². The molecule has 0 amide bonds. The molecule has 0 radical (unpaired) electrons. The van der Waals surface area contributed by atoms with Crippen LogP contribution in [0.15, 0.2) is 57.0 Å². The third-order valence-corrected chi connectivity index (χ3v) is 5.94. The van der Waals surface area contributed by atoms with E-state index in [1.54, 1.807) is 0 Å². The van der Waals surface area contributed by atoms with E-state index in [4.69, 9.17) is 0 Å². The lowest BCUT2D eigenvalue weighted by molar-refractivity contribution is 0.967. The topological polar surface area (TPSA) is 12.9 Å². The quantitative estimate of drug-likeness (QED) is 0.756. The van der Waals surface area contributed by atoms with Gasteiger partial charge in [0.25, 0.3) is 0 Å². The second kappa shape index (κ2) is 5.68. The van der Waals surface area contributed by atoms with Crippen molar-refractivity contribution in [2.45, 2.75) is 21.6 Å². The number of benzene rings is 1. The van der Waals surface area contributed by atoms with Crippen LogP contribution in [0, 0.1) is 0 Å². The van der Waals surface area contributed by atoms with Crippen LogP contribution in [0.4, 0.5) is 0 Å². The first kappa shape index (κ1) is 12.6. The Morgan fingerprint density at radius 3 is 2.94 bits per heavy atom. The van der Waals surface area contributed by atoms with E-state index in [0.29, 0.717) is 5.25 Å². The molecule has 2 heterocycles. The number of fused-ring (bicyclic) bond motifs is 1. The molecule has 1 atom stereocenters. The second-order valence-electron chi connectivity index (χ2n) is 4.18. The molecule has 0 bridgehead atoms. The zero-order valence-corrected chi connectivity index (χ0v) is 12.9. The van der Waals surface area contributed by atoms with E-state index in [1.165, 1.54) is 16.9 Å². The Morgan fingerprint density at radius 2 is 2.17 bits per heavy atom. The molecule has 1 aliphatic heterocycles. The third-order valence-electron chi connectivity index (χ3n) is 2.83. The maximum Gasteiger partial charge on any atom is 0.0961 e. The predicted octanol–water partition coefficient (Wildman–Crippen LogP) is 4.65. The van der Waals surface area contributed by atoms with Gasteiger partial charge in [-0.15, -0.1) is 23.5 Å². The van der Waals surface area contributed by atoms with Gasteiger partial charge in [0, 0.05) is 26.6 Å². The second-order valence-corrected chi connectivity index (χ2v) is 7.48. The first-order valence-electron chi connectivity index (χ1n) is 5.80. The molecule has 2 aromatic rings. The van der Waals surface area contributed by atoms with E-state index >= 15 is 0 Å². The number of pyridine rings is 1. The lowest BCUT2D eigenvalue weighted by Crippen LogP contribution is -2.04. The molecule has 0 fully saturated rings. The van der Waals surface area contributed by atoms with Crippen molar-refractivity contribution < 1.29 is 0 Å². The molecule has 1 nitrogen and oxygen atoms in total. The van der Waals surface area contributed by atoms with Crippen LogP contribution in [0.2, 0.25) is 0 Å². The highest BCUT2D eigenvalue weighted by molar-refractivity contribution is 9.10. The Balaban J connectivity index is 1.58. The van der Waals surface area contributed by atoms with Gasteiger partial charge in [-0.2, -0.15) is 0 Å². The molecule has 92 valence electrons. The van der Waals surface area contributed by atoms with Crippen LogP contribution >= 0.6 is 39.5 Å². The van der Waals surface area contributed by atoms with Crippen molar-refractivity contribution in [1.29, 1.82) is 0 Å². The van der Waals surface area contributed by atoms with Crippen molar-refractivity contribution >= 4 is 39.5 Å². The van der Waals surface area contributed by atoms with Crippen molar-refractivity contribution in [1.82, 2.24) is 4.98 Å². The average Bonchev–Trinajstić information content (AvgIpc) is 2.81. The van der Waals surface area contributed by atoms with Crippen LogP contribution in [0.25, 0.3) is 0 Å². The normalized spacial score (nSPS) is 17.7. The van der Waals surface area contributed by atoms with Gasteiger partial charge in [-0.3, -0.25) is 0 Å².